The summed E-state index contributed by atoms with van der Waals surface area (Å²) in [5.41, 5.74) is 4.48. The van der Waals surface area contributed by atoms with E-state index in [4.69, 9.17) is 0 Å². The van der Waals surface area contributed by atoms with Gasteiger partial charge >= 0.3 is 0 Å². The zero-order chi connectivity index (χ0) is 12.6. The molecular formula is C15H16O2. The highest BCUT2D eigenvalue weighted by Gasteiger charge is 2.15. The summed E-state index contributed by atoms with van der Waals surface area (Å²) in [5, 5.41) is 20.0. The molecule has 0 heterocycles. The Morgan fingerprint density at radius 3 is 2.00 bits per heavy atom. The monoisotopic (exact) mass is 228 g/mol. The van der Waals surface area contributed by atoms with Crippen molar-refractivity contribution in [3.63, 3.8) is 0 Å². The van der Waals surface area contributed by atoms with Crippen molar-refractivity contribution in [1.82, 2.24) is 0 Å². The van der Waals surface area contributed by atoms with Crippen molar-refractivity contribution >= 4 is 0 Å². The van der Waals surface area contributed by atoms with Crippen LogP contribution in [0.4, 0.5) is 0 Å². The van der Waals surface area contributed by atoms with Gasteiger partial charge in [-0.15, -0.1) is 0 Å². The van der Waals surface area contributed by atoms with Gasteiger partial charge in [0.2, 0.25) is 0 Å². The van der Waals surface area contributed by atoms with Crippen LogP contribution in [0.2, 0.25) is 0 Å². The standard InChI is InChI=1S/C15H16O2/c1-9-7-8-13(17)15(11(9)3)14-10(2)5-4-6-12(14)16/h4-8,16-17H,1-3H3. The van der Waals surface area contributed by atoms with Crippen LogP contribution in [0.1, 0.15) is 16.7 Å². The maximum atomic E-state index is 10.0. The second-order valence-electron chi connectivity index (χ2n) is 4.37. The zero-order valence-corrected chi connectivity index (χ0v) is 10.3. The van der Waals surface area contributed by atoms with Crippen molar-refractivity contribution in [1.29, 1.82) is 0 Å². The van der Waals surface area contributed by atoms with E-state index in [0.717, 1.165) is 22.3 Å². The van der Waals surface area contributed by atoms with Gasteiger partial charge in [0.25, 0.3) is 0 Å². The van der Waals surface area contributed by atoms with Crippen molar-refractivity contribution < 1.29 is 10.2 Å². The molecule has 0 saturated heterocycles. The van der Waals surface area contributed by atoms with Crippen LogP contribution in [0.5, 0.6) is 11.5 Å². The van der Waals surface area contributed by atoms with Crippen LogP contribution < -0.4 is 0 Å². The Kier molecular flexibility index (Phi) is 2.80. The maximum absolute atomic E-state index is 10.0. The van der Waals surface area contributed by atoms with Crippen LogP contribution in [0.3, 0.4) is 0 Å². The molecule has 0 aliphatic rings. The van der Waals surface area contributed by atoms with E-state index in [1.807, 2.05) is 32.9 Å². The van der Waals surface area contributed by atoms with Gasteiger partial charge in [-0.1, -0.05) is 18.2 Å². The van der Waals surface area contributed by atoms with E-state index in [0.29, 0.717) is 5.56 Å². The van der Waals surface area contributed by atoms with E-state index in [1.54, 1.807) is 18.2 Å². The fraction of sp³-hybridized carbons (Fsp3) is 0.200. The normalized spacial score (nSPS) is 10.5. The van der Waals surface area contributed by atoms with Crippen LogP contribution in [-0.4, -0.2) is 10.2 Å². The highest BCUT2D eigenvalue weighted by Crippen LogP contribution is 2.40. The fourth-order valence-electron chi connectivity index (χ4n) is 2.09. The summed E-state index contributed by atoms with van der Waals surface area (Å²) in [4.78, 5) is 0. The third-order valence-corrected chi connectivity index (χ3v) is 3.21. The molecule has 2 nitrogen and oxygen atoms in total. The first kappa shape index (κ1) is 11.5. The number of aromatic hydroxyl groups is 2. The summed E-state index contributed by atoms with van der Waals surface area (Å²) in [6.07, 6.45) is 0. The number of hydrogen-bond donors (Lipinski definition) is 2. The van der Waals surface area contributed by atoms with Crippen molar-refractivity contribution in [2.45, 2.75) is 20.8 Å². The van der Waals surface area contributed by atoms with Crippen molar-refractivity contribution in [3.05, 3.63) is 47.0 Å². The van der Waals surface area contributed by atoms with E-state index in [2.05, 4.69) is 0 Å². The predicted octanol–water partition coefficient (Wildman–Crippen LogP) is 3.69. The maximum Gasteiger partial charge on any atom is 0.123 e. The Bertz CT molecular complexity index is 551. The van der Waals surface area contributed by atoms with E-state index in [9.17, 15) is 10.2 Å². The highest BCUT2D eigenvalue weighted by atomic mass is 16.3. The lowest BCUT2D eigenvalue weighted by molar-refractivity contribution is 0.468. The molecule has 0 atom stereocenters. The summed E-state index contributed by atoms with van der Waals surface area (Å²) in [7, 11) is 0. The molecular weight excluding hydrogens is 212 g/mol. The molecule has 0 saturated carbocycles. The molecule has 2 rings (SSSR count). The Labute approximate surface area is 101 Å². The quantitative estimate of drug-likeness (QED) is 0.781. The van der Waals surface area contributed by atoms with Gasteiger partial charge in [-0.2, -0.15) is 0 Å². The average molecular weight is 228 g/mol. The molecule has 88 valence electrons. The Balaban J connectivity index is 2.82. The largest absolute Gasteiger partial charge is 0.507 e. The predicted molar refractivity (Wildman–Crippen MR) is 69.4 cm³/mol. The van der Waals surface area contributed by atoms with Gasteiger partial charge in [-0.3, -0.25) is 0 Å². The molecule has 17 heavy (non-hydrogen) atoms. The minimum Gasteiger partial charge on any atom is -0.507 e. The number of phenols is 2. The fourth-order valence-corrected chi connectivity index (χ4v) is 2.09. The van der Waals surface area contributed by atoms with Gasteiger partial charge in [0.15, 0.2) is 0 Å². The number of rotatable bonds is 1. The molecule has 0 amide bonds. The van der Waals surface area contributed by atoms with Crippen LogP contribution in [-0.2, 0) is 0 Å². The van der Waals surface area contributed by atoms with Crippen molar-refractivity contribution in [2.75, 3.05) is 0 Å². The molecule has 2 heteroatoms. The van der Waals surface area contributed by atoms with Crippen molar-refractivity contribution in [3.8, 4) is 22.6 Å². The van der Waals surface area contributed by atoms with E-state index in [1.165, 1.54) is 0 Å². The Hall–Kier alpha value is -1.96. The average Bonchev–Trinajstić information content (AvgIpc) is 2.28. The molecule has 0 aliphatic carbocycles. The second-order valence-corrected chi connectivity index (χ2v) is 4.37. The van der Waals surface area contributed by atoms with E-state index in [-0.39, 0.29) is 11.5 Å². The molecule has 2 N–H and O–H groups in total. The molecule has 0 aliphatic heterocycles. The second kappa shape index (κ2) is 4.13. The number of hydrogen-bond acceptors (Lipinski definition) is 2. The van der Waals surface area contributed by atoms with E-state index >= 15 is 0 Å². The molecule has 0 spiro atoms. The SMILES string of the molecule is Cc1ccc(O)c(-c2c(C)cccc2O)c1C. The Morgan fingerprint density at radius 2 is 1.35 bits per heavy atom. The van der Waals surface area contributed by atoms with Crippen molar-refractivity contribution in [2.24, 2.45) is 0 Å². The summed E-state index contributed by atoms with van der Waals surface area (Å²) in [6.45, 7) is 5.88. The van der Waals surface area contributed by atoms with Gasteiger partial charge < -0.3 is 10.2 Å². The minimum atomic E-state index is 0.203. The lowest BCUT2D eigenvalue weighted by Crippen LogP contribution is -1.91. The van der Waals surface area contributed by atoms with Crippen LogP contribution in [0.25, 0.3) is 11.1 Å². The first-order valence-corrected chi connectivity index (χ1v) is 5.60. The summed E-state index contributed by atoms with van der Waals surface area (Å²) in [5.74, 6) is 0.409. The lowest BCUT2D eigenvalue weighted by Gasteiger charge is -2.14. The Morgan fingerprint density at radius 1 is 0.706 bits per heavy atom. The van der Waals surface area contributed by atoms with Crippen LogP contribution in [0.15, 0.2) is 30.3 Å². The molecule has 0 aromatic heterocycles. The van der Waals surface area contributed by atoms with Gasteiger partial charge in [0.05, 0.1) is 0 Å². The van der Waals surface area contributed by atoms with Gasteiger partial charge in [-0.05, 0) is 49.6 Å². The summed E-state index contributed by atoms with van der Waals surface area (Å²) < 4.78 is 0. The molecule has 0 unspecified atom stereocenters. The molecule has 2 aromatic carbocycles. The highest BCUT2D eigenvalue weighted by molar-refractivity contribution is 5.81. The third kappa shape index (κ3) is 1.86. The topological polar surface area (TPSA) is 40.5 Å². The van der Waals surface area contributed by atoms with Crippen LogP contribution >= 0.6 is 0 Å². The first-order chi connectivity index (χ1) is 8.02. The first-order valence-electron chi connectivity index (χ1n) is 5.60. The van der Waals surface area contributed by atoms with Gasteiger partial charge in [-0.25, -0.2) is 0 Å². The smallest absolute Gasteiger partial charge is 0.123 e. The van der Waals surface area contributed by atoms with Crippen LogP contribution in [0, 0.1) is 20.8 Å². The number of phenolic OH excluding ortho intramolecular Hbond substituents is 2. The minimum absolute atomic E-state index is 0.203. The zero-order valence-electron chi connectivity index (χ0n) is 10.3. The molecule has 0 fully saturated rings. The molecule has 0 bridgehead atoms. The summed E-state index contributed by atoms with van der Waals surface area (Å²) >= 11 is 0. The number of benzene rings is 2. The molecule has 0 radical (unpaired) electrons. The summed E-state index contributed by atoms with van der Waals surface area (Å²) in [6, 6.07) is 8.92. The van der Waals surface area contributed by atoms with Gasteiger partial charge in [0, 0.05) is 11.1 Å². The van der Waals surface area contributed by atoms with Gasteiger partial charge in [0.1, 0.15) is 11.5 Å². The molecule has 2 aromatic rings. The lowest BCUT2D eigenvalue weighted by atomic mass is 9.92. The van der Waals surface area contributed by atoms with E-state index < -0.39 is 0 Å². The number of aryl methyl sites for hydroxylation is 2. The third-order valence-electron chi connectivity index (χ3n) is 3.21.